The van der Waals surface area contributed by atoms with Crippen LogP contribution in [0.2, 0.25) is 0 Å². The third-order valence-corrected chi connectivity index (χ3v) is 8.01. The lowest BCUT2D eigenvalue weighted by Gasteiger charge is -2.13. The molecule has 2 N–H and O–H groups in total. The molecular weight excluding hydrogens is 492 g/mol. The van der Waals surface area contributed by atoms with E-state index in [1.54, 1.807) is 36.4 Å². The number of nitrogens with zero attached hydrogens (tertiary/aromatic N) is 2. The van der Waals surface area contributed by atoms with E-state index in [1.165, 1.54) is 22.7 Å². The van der Waals surface area contributed by atoms with Crippen molar-refractivity contribution in [3.8, 4) is 32.3 Å². The molecule has 4 aromatic carbocycles. The summed E-state index contributed by atoms with van der Waals surface area (Å²) in [5.74, 6) is -2.06. The van der Waals surface area contributed by atoms with Crippen LogP contribution in [0.4, 0.5) is 0 Å². The van der Waals surface area contributed by atoms with E-state index in [0.29, 0.717) is 21.1 Å². The van der Waals surface area contributed by atoms with Gasteiger partial charge in [0, 0.05) is 11.1 Å². The van der Waals surface area contributed by atoms with E-state index >= 15 is 0 Å². The van der Waals surface area contributed by atoms with Gasteiger partial charge in [-0.3, -0.25) is 0 Å². The van der Waals surface area contributed by atoms with Crippen LogP contribution in [0.25, 0.3) is 52.7 Å². The van der Waals surface area contributed by atoms with Gasteiger partial charge in [0.2, 0.25) is 0 Å². The van der Waals surface area contributed by atoms with E-state index in [-0.39, 0.29) is 11.1 Å². The molecule has 0 atom stereocenters. The second kappa shape index (κ2) is 8.67. The molecule has 0 unspecified atom stereocenters. The van der Waals surface area contributed by atoms with E-state index in [9.17, 15) is 19.8 Å². The highest BCUT2D eigenvalue weighted by atomic mass is 32.1. The van der Waals surface area contributed by atoms with Crippen LogP contribution in [0, 0.1) is 0 Å². The van der Waals surface area contributed by atoms with Crippen LogP contribution in [-0.2, 0) is 0 Å². The van der Waals surface area contributed by atoms with Gasteiger partial charge in [-0.15, -0.1) is 22.7 Å². The van der Waals surface area contributed by atoms with Crippen LogP contribution in [0.3, 0.4) is 0 Å². The Hall–Kier alpha value is -4.40. The molecule has 0 saturated heterocycles. The maximum Gasteiger partial charge on any atom is 0.335 e. The first kappa shape index (κ1) is 22.1. The average molecular weight is 509 g/mol. The molecule has 174 valence electrons. The summed E-state index contributed by atoms with van der Waals surface area (Å²) in [7, 11) is 0. The molecule has 2 heterocycles. The second-order valence-electron chi connectivity index (χ2n) is 8.10. The lowest BCUT2D eigenvalue weighted by atomic mass is 9.93. The SMILES string of the molecule is O=C(O)c1ccc(-c2ccc(C(=O)O)cc2-c2nc3ccccc3s2)c(-c2nc3ccccc3s2)c1. The number of hydrogen-bond acceptors (Lipinski definition) is 6. The van der Waals surface area contributed by atoms with Crippen molar-refractivity contribution in [1.82, 2.24) is 9.97 Å². The van der Waals surface area contributed by atoms with Gasteiger partial charge < -0.3 is 10.2 Å². The molecule has 0 fully saturated rings. The summed E-state index contributed by atoms with van der Waals surface area (Å²) >= 11 is 2.96. The largest absolute Gasteiger partial charge is 0.478 e. The number of carbonyl (C=O) groups is 2. The molecule has 0 aliphatic carbocycles. The fourth-order valence-electron chi connectivity index (χ4n) is 4.15. The van der Waals surface area contributed by atoms with Crippen molar-refractivity contribution in [2.24, 2.45) is 0 Å². The summed E-state index contributed by atoms with van der Waals surface area (Å²) in [6.07, 6.45) is 0. The number of para-hydroxylation sites is 2. The molecule has 6 nitrogen and oxygen atoms in total. The van der Waals surface area contributed by atoms with Gasteiger partial charge in [0.05, 0.1) is 31.6 Å². The Labute approximate surface area is 212 Å². The van der Waals surface area contributed by atoms with Gasteiger partial charge in [0.15, 0.2) is 0 Å². The van der Waals surface area contributed by atoms with E-state index < -0.39 is 11.9 Å². The highest BCUT2D eigenvalue weighted by molar-refractivity contribution is 7.22. The third kappa shape index (κ3) is 3.82. The van der Waals surface area contributed by atoms with E-state index in [0.717, 1.165) is 31.6 Å². The van der Waals surface area contributed by atoms with Gasteiger partial charge in [-0.1, -0.05) is 36.4 Å². The molecule has 0 bridgehead atoms. The highest BCUT2D eigenvalue weighted by Gasteiger charge is 2.20. The van der Waals surface area contributed by atoms with Gasteiger partial charge in [-0.25, -0.2) is 19.6 Å². The first-order valence-corrected chi connectivity index (χ1v) is 12.6. The predicted octanol–water partition coefficient (Wildman–Crippen LogP) is 7.30. The van der Waals surface area contributed by atoms with Crippen LogP contribution in [0.1, 0.15) is 20.7 Å². The van der Waals surface area contributed by atoms with Crippen molar-refractivity contribution in [3.63, 3.8) is 0 Å². The van der Waals surface area contributed by atoms with Gasteiger partial charge in [-0.2, -0.15) is 0 Å². The van der Waals surface area contributed by atoms with Gasteiger partial charge in [0.25, 0.3) is 0 Å². The fourth-order valence-corrected chi connectivity index (χ4v) is 6.15. The number of rotatable bonds is 5. The summed E-state index contributed by atoms with van der Waals surface area (Å²) in [6, 6.07) is 25.4. The first-order chi connectivity index (χ1) is 17.5. The van der Waals surface area contributed by atoms with Crippen molar-refractivity contribution < 1.29 is 19.8 Å². The molecule has 0 aliphatic rings. The molecule has 0 aliphatic heterocycles. The van der Waals surface area contributed by atoms with Crippen LogP contribution >= 0.6 is 22.7 Å². The maximum atomic E-state index is 11.8. The zero-order valence-electron chi connectivity index (χ0n) is 18.5. The number of thiazole rings is 2. The summed E-state index contributed by atoms with van der Waals surface area (Å²) < 4.78 is 1.98. The Bertz CT molecular complexity index is 1620. The van der Waals surface area contributed by atoms with Gasteiger partial charge >= 0.3 is 11.9 Å². The second-order valence-corrected chi connectivity index (χ2v) is 10.2. The minimum Gasteiger partial charge on any atom is -0.478 e. The number of benzene rings is 4. The molecule has 0 radical (unpaired) electrons. The number of fused-ring (bicyclic) bond motifs is 2. The summed E-state index contributed by atoms with van der Waals surface area (Å²) in [4.78, 5) is 33.2. The number of aromatic carboxylic acids is 2. The number of aromatic nitrogens is 2. The maximum absolute atomic E-state index is 11.8. The Kier molecular flexibility index (Phi) is 5.32. The van der Waals surface area contributed by atoms with E-state index in [4.69, 9.17) is 9.97 Å². The quantitative estimate of drug-likeness (QED) is 0.253. The van der Waals surface area contributed by atoms with Crippen molar-refractivity contribution in [1.29, 1.82) is 0 Å². The molecule has 0 spiro atoms. The summed E-state index contributed by atoms with van der Waals surface area (Å²) in [5.41, 5.74) is 4.81. The predicted molar refractivity (Wildman–Crippen MR) is 143 cm³/mol. The van der Waals surface area contributed by atoms with Gasteiger partial charge in [0.1, 0.15) is 10.0 Å². The Morgan fingerprint density at radius 2 is 0.972 bits per heavy atom. The van der Waals surface area contributed by atoms with Crippen molar-refractivity contribution >= 4 is 55.0 Å². The molecule has 0 amide bonds. The molecule has 0 saturated carbocycles. The average Bonchev–Trinajstić information content (AvgIpc) is 3.52. The van der Waals surface area contributed by atoms with Crippen LogP contribution in [-0.4, -0.2) is 32.1 Å². The lowest BCUT2D eigenvalue weighted by molar-refractivity contribution is 0.0686. The minimum absolute atomic E-state index is 0.150. The van der Waals surface area contributed by atoms with Crippen LogP contribution < -0.4 is 0 Å². The van der Waals surface area contributed by atoms with E-state index in [1.807, 2.05) is 48.5 Å². The van der Waals surface area contributed by atoms with Crippen LogP contribution in [0.5, 0.6) is 0 Å². The van der Waals surface area contributed by atoms with Crippen LogP contribution in [0.15, 0.2) is 84.9 Å². The van der Waals surface area contributed by atoms with Gasteiger partial charge in [-0.05, 0) is 59.7 Å². The third-order valence-electron chi connectivity index (χ3n) is 5.87. The van der Waals surface area contributed by atoms with E-state index in [2.05, 4.69) is 0 Å². The topological polar surface area (TPSA) is 100 Å². The zero-order valence-corrected chi connectivity index (χ0v) is 20.1. The normalized spacial score (nSPS) is 11.2. The standard InChI is InChI=1S/C28H16N2O4S2/c31-27(32)15-9-11-17(19(13-15)25-29-21-5-1-3-7-23(21)35-25)18-12-10-16(28(33)34)14-20(18)26-30-22-6-2-4-8-24(22)36-26/h1-14H,(H,31,32)(H,33,34). The lowest BCUT2D eigenvalue weighted by Crippen LogP contribution is -2.00. The van der Waals surface area contributed by atoms with Crippen molar-refractivity contribution in [3.05, 3.63) is 96.1 Å². The first-order valence-electron chi connectivity index (χ1n) is 10.9. The molecule has 36 heavy (non-hydrogen) atoms. The number of hydrogen-bond donors (Lipinski definition) is 2. The summed E-state index contributed by atoms with van der Waals surface area (Å²) in [5, 5.41) is 20.7. The molecular formula is C28H16N2O4S2. The Morgan fingerprint density at radius 1 is 0.556 bits per heavy atom. The molecule has 2 aromatic heterocycles. The molecule has 6 aromatic rings. The Morgan fingerprint density at radius 3 is 1.36 bits per heavy atom. The molecule has 6 rings (SSSR count). The smallest absolute Gasteiger partial charge is 0.335 e. The summed E-state index contributed by atoms with van der Waals surface area (Å²) in [6.45, 7) is 0. The molecule has 8 heteroatoms. The van der Waals surface area contributed by atoms with Crippen molar-refractivity contribution in [2.45, 2.75) is 0 Å². The monoisotopic (exact) mass is 508 g/mol. The highest BCUT2D eigenvalue weighted by Crippen LogP contribution is 2.43. The minimum atomic E-state index is -1.03. The number of carboxylic acid groups (broad SMARTS) is 2. The fraction of sp³-hybridized carbons (Fsp3) is 0. The Balaban J connectivity index is 1.63. The number of carboxylic acids is 2. The van der Waals surface area contributed by atoms with Crippen molar-refractivity contribution in [2.75, 3.05) is 0 Å². The zero-order chi connectivity index (χ0) is 24.8.